The minimum absolute atomic E-state index is 0.367. The minimum Gasteiger partial charge on any atom is -0.388 e. The Morgan fingerprint density at radius 3 is 2.65 bits per heavy atom. The van der Waals surface area contributed by atoms with Crippen molar-refractivity contribution in [2.24, 2.45) is 0 Å². The smallest absolute Gasteiger partial charge is 0.0804 e. The normalized spacial score (nSPS) is 12.8. The molecule has 2 aromatic rings. The Balaban J connectivity index is 1.88. The Bertz CT molecular complexity index is 509. The second kappa shape index (κ2) is 7.58. The standard InChI is InChI=1S/C17H23NOS/c1-3-18(13-15-8-6-12-20-15)11-10-17(19)16-9-5-4-7-14(16)2/h4-9,12,17,19H,3,10-11,13H2,1-2H3. The van der Waals surface area contributed by atoms with Gasteiger partial charge in [-0.3, -0.25) is 4.90 Å². The summed E-state index contributed by atoms with van der Waals surface area (Å²) >= 11 is 1.80. The molecule has 1 N–H and O–H groups in total. The maximum atomic E-state index is 10.3. The topological polar surface area (TPSA) is 23.5 Å². The van der Waals surface area contributed by atoms with Crippen LogP contribution in [0.5, 0.6) is 0 Å². The average Bonchev–Trinajstić information content (AvgIpc) is 2.96. The van der Waals surface area contributed by atoms with Gasteiger partial charge in [0, 0.05) is 18.0 Å². The number of hydrogen-bond donors (Lipinski definition) is 1. The van der Waals surface area contributed by atoms with E-state index in [0.29, 0.717) is 0 Å². The van der Waals surface area contributed by atoms with Crippen molar-refractivity contribution in [1.29, 1.82) is 0 Å². The molecular formula is C17H23NOS. The van der Waals surface area contributed by atoms with E-state index in [1.54, 1.807) is 11.3 Å². The van der Waals surface area contributed by atoms with E-state index in [0.717, 1.165) is 31.6 Å². The molecule has 1 heterocycles. The number of thiophene rings is 1. The van der Waals surface area contributed by atoms with Crippen LogP contribution in [0.25, 0.3) is 0 Å². The summed E-state index contributed by atoms with van der Waals surface area (Å²) < 4.78 is 0. The van der Waals surface area contributed by atoms with Crippen molar-refractivity contribution >= 4 is 11.3 Å². The van der Waals surface area contributed by atoms with Gasteiger partial charge in [-0.05, 0) is 42.5 Å². The van der Waals surface area contributed by atoms with E-state index in [9.17, 15) is 5.11 Å². The molecule has 2 nitrogen and oxygen atoms in total. The zero-order chi connectivity index (χ0) is 14.4. The predicted molar refractivity (Wildman–Crippen MR) is 86.0 cm³/mol. The van der Waals surface area contributed by atoms with Crippen LogP contribution in [-0.2, 0) is 6.54 Å². The molecule has 0 radical (unpaired) electrons. The molecule has 0 amide bonds. The fourth-order valence-corrected chi connectivity index (χ4v) is 3.14. The van der Waals surface area contributed by atoms with Gasteiger partial charge in [0.05, 0.1) is 6.10 Å². The summed E-state index contributed by atoms with van der Waals surface area (Å²) in [4.78, 5) is 3.77. The summed E-state index contributed by atoms with van der Waals surface area (Å²) in [6.07, 6.45) is 0.415. The minimum atomic E-state index is -0.367. The second-order valence-corrected chi connectivity index (χ2v) is 6.14. The largest absolute Gasteiger partial charge is 0.388 e. The highest BCUT2D eigenvalue weighted by molar-refractivity contribution is 7.09. The molecule has 0 aliphatic carbocycles. The van der Waals surface area contributed by atoms with Crippen molar-refractivity contribution in [3.63, 3.8) is 0 Å². The van der Waals surface area contributed by atoms with Gasteiger partial charge in [0.1, 0.15) is 0 Å². The van der Waals surface area contributed by atoms with Crippen LogP contribution in [0.3, 0.4) is 0 Å². The highest BCUT2D eigenvalue weighted by Crippen LogP contribution is 2.21. The van der Waals surface area contributed by atoms with Crippen molar-refractivity contribution in [2.45, 2.75) is 32.9 Å². The average molecular weight is 289 g/mol. The van der Waals surface area contributed by atoms with Gasteiger partial charge in [-0.2, -0.15) is 0 Å². The molecule has 1 aromatic heterocycles. The third-order valence-corrected chi connectivity index (χ3v) is 4.53. The van der Waals surface area contributed by atoms with E-state index < -0.39 is 0 Å². The van der Waals surface area contributed by atoms with Crippen LogP contribution >= 0.6 is 11.3 Å². The first-order valence-corrected chi connectivity index (χ1v) is 8.07. The molecule has 0 bridgehead atoms. The van der Waals surface area contributed by atoms with Crippen LogP contribution in [0, 0.1) is 6.92 Å². The van der Waals surface area contributed by atoms with Crippen molar-refractivity contribution in [1.82, 2.24) is 4.90 Å². The summed E-state index contributed by atoms with van der Waals surface area (Å²) in [5, 5.41) is 12.5. The number of aliphatic hydroxyl groups is 1. The third kappa shape index (κ3) is 4.17. The van der Waals surface area contributed by atoms with Gasteiger partial charge in [0.2, 0.25) is 0 Å². The lowest BCUT2D eigenvalue weighted by molar-refractivity contribution is 0.141. The van der Waals surface area contributed by atoms with Gasteiger partial charge in [0.15, 0.2) is 0 Å². The Kier molecular flexibility index (Phi) is 5.77. The summed E-state index contributed by atoms with van der Waals surface area (Å²) in [7, 11) is 0. The zero-order valence-electron chi connectivity index (χ0n) is 12.2. The first kappa shape index (κ1) is 15.2. The van der Waals surface area contributed by atoms with Crippen LogP contribution < -0.4 is 0 Å². The molecule has 0 fully saturated rings. The monoisotopic (exact) mass is 289 g/mol. The van der Waals surface area contributed by atoms with E-state index in [1.807, 2.05) is 18.2 Å². The highest BCUT2D eigenvalue weighted by Gasteiger charge is 2.12. The Morgan fingerprint density at radius 2 is 2.00 bits per heavy atom. The molecule has 0 spiro atoms. The van der Waals surface area contributed by atoms with Gasteiger partial charge in [-0.1, -0.05) is 37.3 Å². The molecule has 1 aromatic carbocycles. The number of benzene rings is 1. The highest BCUT2D eigenvalue weighted by atomic mass is 32.1. The molecule has 0 saturated heterocycles. The zero-order valence-corrected chi connectivity index (χ0v) is 13.1. The van der Waals surface area contributed by atoms with Crippen LogP contribution in [0.4, 0.5) is 0 Å². The summed E-state index contributed by atoms with van der Waals surface area (Å²) in [6, 6.07) is 12.4. The van der Waals surface area contributed by atoms with E-state index in [-0.39, 0.29) is 6.10 Å². The lowest BCUT2D eigenvalue weighted by Crippen LogP contribution is -2.25. The Morgan fingerprint density at radius 1 is 1.20 bits per heavy atom. The van der Waals surface area contributed by atoms with Crippen molar-refractivity contribution < 1.29 is 5.11 Å². The maximum absolute atomic E-state index is 10.3. The molecule has 20 heavy (non-hydrogen) atoms. The molecule has 0 aliphatic rings. The fourth-order valence-electron chi connectivity index (χ4n) is 2.39. The van der Waals surface area contributed by atoms with Gasteiger partial charge in [-0.15, -0.1) is 11.3 Å². The molecule has 0 saturated carbocycles. The van der Waals surface area contributed by atoms with Gasteiger partial charge in [0.25, 0.3) is 0 Å². The first-order valence-electron chi connectivity index (χ1n) is 7.19. The molecule has 0 aliphatic heterocycles. The lowest BCUT2D eigenvalue weighted by atomic mass is 10.0. The van der Waals surface area contributed by atoms with E-state index in [1.165, 1.54) is 10.4 Å². The van der Waals surface area contributed by atoms with Crippen LogP contribution in [0.15, 0.2) is 41.8 Å². The molecule has 108 valence electrons. The van der Waals surface area contributed by atoms with E-state index in [2.05, 4.69) is 42.3 Å². The van der Waals surface area contributed by atoms with Crippen LogP contribution in [0.2, 0.25) is 0 Å². The predicted octanol–water partition coefficient (Wildman–Crippen LogP) is 4.00. The SMILES string of the molecule is CCN(CCC(O)c1ccccc1C)Cc1cccs1. The van der Waals surface area contributed by atoms with Gasteiger partial charge < -0.3 is 5.11 Å². The van der Waals surface area contributed by atoms with E-state index >= 15 is 0 Å². The Hall–Kier alpha value is -1.16. The van der Waals surface area contributed by atoms with E-state index in [4.69, 9.17) is 0 Å². The summed E-state index contributed by atoms with van der Waals surface area (Å²) in [5.74, 6) is 0. The van der Waals surface area contributed by atoms with Crippen molar-refractivity contribution in [2.75, 3.05) is 13.1 Å². The van der Waals surface area contributed by atoms with Crippen molar-refractivity contribution in [3.05, 3.63) is 57.8 Å². The Labute approximate surface area is 125 Å². The molecule has 1 atom stereocenters. The summed E-state index contributed by atoms with van der Waals surface area (Å²) in [6.45, 7) is 7.15. The first-order chi connectivity index (χ1) is 9.70. The lowest BCUT2D eigenvalue weighted by Gasteiger charge is -2.22. The molecule has 1 unspecified atom stereocenters. The molecule has 3 heteroatoms. The molecule has 2 rings (SSSR count). The number of aliphatic hydroxyl groups excluding tert-OH is 1. The van der Waals surface area contributed by atoms with Crippen LogP contribution in [0.1, 0.15) is 35.5 Å². The van der Waals surface area contributed by atoms with Crippen molar-refractivity contribution in [3.8, 4) is 0 Å². The van der Waals surface area contributed by atoms with Gasteiger partial charge in [-0.25, -0.2) is 0 Å². The van der Waals surface area contributed by atoms with Crippen LogP contribution in [-0.4, -0.2) is 23.1 Å². The number of aryl methyl sites for hydroxylation is 1. The quantitative estimate of drug-likeness (QED) is 0.832. The number of hydrogen-bond acceptors (Lipinski definition) is 3. The molecular weight excluding hydrogens is 266 g/mol. The van der Waals surface area contributed by atoms with Gasteiger partial charge >= 0.3 is 0 Å². The second-order valence-electron chi connectivity index (χ2n) is 5.11. The fraction of sp³-hybridized carbons (Fsp3) is 0.412. The summed E-state index contributed by atoms with van der Waals surface area (Å²) in [5.41, 5.74) is 2.22. The third-order valence-electron chi connectivity index (χ3n) is 3.67. The number of nitrogens with zero attached hydrogens (tertiary/aromatic N) is 1. The number of rotatable bonds is 7. The maximum Gasteiger partial charge on any atom is 0.0804 e.